The summed E-state index contributed by atoms with van der Waals surface area (Å²) >= 11 is 1.87. The van der Waals surface area contributed by atoms with Crippen LogP contribution in [0.15, 0.2) is 194 Å². The van der Waals surface area contributed by atoms with Crippen molar-refractivity contribution < 1.29 is 0 Å². The molecule has 0 saturated carbocycles. The van der Waals surface area contributed by atoms with Crippen LogP contribution in [0.25, 0.3) is 130 Å². The van der Waals surface area contributed by atoms with Gasteiger partial charge < -0.3 is 4.57 Å². The molecule has 0 amide bonds. The third-order valence-electron chi connectivity index (χ3n) is 12.9. The molecule has 0 unspecified atom stereocenters. The van der Waals surface area contributed by atoms with E-state index in [9.17, 15) is 0 Å². The molecular formula is C56H32N4S. The van der Waals surface area contributed by atoms with Gasteiger partial charge in [0.15, 0.2) is 0 Å². The molecule has 0 radical (unpaired) electrons. The first kappa shape index (κ1) is 33.0. The van der Waals surface area contributed by atoms with Gasteiger partial charge in [-0.2, -0.15) is 0 Å². The normalized spacial score (nSPS) is 12.3. The van der Waals surface area contributed by atoms with Crippen LogP contribution in [0.2, 0.25) is 0 Å². The first-order valence-electron chi connectivity index (χ1n) is 20.8. The Morgan fingerprint density at radius 1 is 0.377 bits per heavy atom. The van der Waals surface area contributed by atoms with Gasteiger partial charge in [-0.3, -0.25) is 4.57 Å². The first-order valence-corrected chi connectivity index (χ1v) is 21.6. The van der Waals surface area contributed by atoms with Crippen LogP contribution in [0.1, 0.15) is 0 Å². The number of hydrogen-bond acceptors (Lipinski definition) is 3. The summed E-state index contributed by atoms with van der Waals surface area (Å²) in [5.41, 5.74) is 8.57. The SMILES string of the molecule is c1ccc(-n2c3ccccc3c3ccc(-c4nc(-n5c6c7ccccc7ccc6c6c7ccccc7c7c8ccccc8sc7c65)nc5ccc6ccccc6c45)cc32)cc1. The van der Waals surface area contributed by atoms with E-state index < -0.39 is 0 Å². The second kappa shape index (κ2) is 12.3. The lowest BCUT2D eigenvalue weighted by atomic mass is 9.98. The Morgan fingerprint density at radius 3 is 1.84 bits per heavy atom. The van der Waals surface area contributed by atoms with Crippen molar-refractivity contribution in [3.63, 3.8) is 0 Å². The van der Waals surface area contributed by atoms with E-state index in [2.05, 4.69) is 203 Å². The van der Waals surface area contributed by atoms with Crippen molar-refractivity contribution in [1.82, 2.24) is 19.1 Å². The molecule has 4 nitrogen and oxygen atoms in total. The Hall–Kier alpha value is -7.86. The van der Waals surface area contributed by atoms with Gasteiger partial charge in [-0.25, -0.2) is 9.97 Å². The number of rotatable bonds is 3. The lowest BCUT2D eigenvalue weighted by Crippen LogP contribution is -2.04. The van der Waals surface area contributed by atoms with Crippen LogP contribution in [0.3, 0.4) is 0 Å². The van der Waals surface area contributed by atoms with Gasteiger partial charge in [-0.05, 0) is 63.3 Å². The average molecular weight is 793 g/mol. The van der Waals surface area contributed by atoms with E-state index >= 15 is 0 Å². The van der Waals surface area contributed by atoms with Crippen LogP contribution in [-0.2, 0) is 0 Å². The second-order valence-electron chi connectivity index (χ2n) is 16.1. The number of nitrogens with zero attached hydrogens (tertiary/aromatic N) is 4. The molecule has 0 aliphatic carbocycles. The van der Waals surface area contributed by atoms with Crippen LogP contribution in [0.5, 0.6) is 0 Å². The molecule has 0 aliphatic heterocycles. The molecule has 0 spiro atoms. The Balaban J connectivity index is 1.18. The fourth-order valence-electron chi connectivity index (χ4n) is 10.3. The van der Waals surface area contributed by atoms with Gasteiger partial charge in [0.25, 0.3) is 0 Å². The van der Waals surface area contributed by atoms with Gasteiger partial charge in [0.05, 0.1) is 38.0 Å². The molecule has 14 rings (SSSR count). The largest absolute Gasteiger partial charge is 0.309 e. The minimum absolute atomic E-state index is 0.659. The van der Waals surface area contributed by atoms with Gasteiger partial charge in [0.1, 0.15) is 0 Å². The smallest absolute Gasteiger partial charge is 0.235 e. The summed E-state index contributed by atoms with van der Waals surface area (Å²) in [6.07, 6.45) is 0. The highest BCUT2D eigenvalue weighted by Crippen LogP contribution is 2.49. The van der Waals surface area contributed by atoms with Gasteiger partial charge in [-0.15, -0.1) is 11.3 Å². The monoisotopic (exact) mass is 792 g/mol. The summed E-state index contributed by atoms with van der Waals surface area (Å²) in [5.74, 6) is 0.659. The third kappa shape index (κ3) is 4.53. The van der Waals surface area contributed by atoms with E-state index in [1.54, 1.807) is 0 Å². The number of thiophene rings is 1. The maximum absolute atomic E-state index is 5.82. The Bertz CT molecular complexity index is 4170. The minimum Gasteiger partial charge on any atom is -0.309 e. The molecule has 0 aliphatic rings. The first-order chi connectivity index (χ1) is 30.3. The summed E-state index contributed by atoms with van der Waals surface area (Å²) in [5, 5.41) is 15.6. The summed E-state index contributed by atoms with van der Waals surface area (Å²) in [4.78, 5) is 11.4. The lowest BCUT2D eigenvalue weighted by molar-refractivity contribution is 1.02. The highest BCUT2D eigenvalue weighted by Gasteiger charge is 2.26. The summed E-state index contributed by atoms with van der Waals surface area (Å²) in [6.45, 7) is 0. The van der Waals surface area contributed by atoms with Crippen molar-refractivity contribution in [2.45, 2.75) is 0 Å². The lowest BCUT2D eigenvalue weighted by Gasteiger charge is -2.15. The number of para-hydroxylation sites is 2. The zero-order valence-electron chi connectivity index (χ0n) is 32.7. The number of fused-ring (bicyclic) bond motifs is 18. The molecule has 61 heavy (non-hydrogen) atoms. The fourth-order valence-corrected chi connectivity index (χ4v) is 11.6. The zero-order valence-corrected chi connectivity index (χ0v) is 33.5. The maximum atomic E-state index is 5.82. The van der Waals surface area contributed by atoms with Crippen LogP contribution < -0.4 is 0 Å². The van der Waals surface area contributed by atoms with Crippen LogP contribution >= 0.6 is 11.3 Å². The zero-order chi connectivity index (χ0) is 39.8. The topological polar surface area (TPSA) is 35.6 Å². The third-order valence-corrected chi connectivity index (χ3v) is 14.0. The van der Waals surface area contributed by atoms with Crippen LogP contribution in [0.4, 0.5) is 0 Å². The molecule has 0 N–H and O–H groups in total. The Kier molecular flexibility index (Phi) is 6.68. The molecule has 5 heteroatoms. The van der Waals surface area contributed by atoms with Gasteiger partial charge in [0, 0.05) is 59.0 Å². The molecule has 4 heterocycles. The van der Waals surface area contributed by atoms with Crippen molar-refractivity contribution in [1.29, 1.82) is 0 Å². The van der Waals surface area contributed by atoms with Crippen LogP contribution in [0, 0.1) is 0 Å². The standard InChI is InChI=1S/C56H32N4S/c1-2-16-36(17-3-1)59-46-24-12-10-20-39(46)40-29-27-35(32-47(40)59)52-51-37-18-6-4-14-33(37)28-31-45(51)57-56(58-52)60-53-38-19-7-5-15-34(38)26-30-44(53)49-41-21-8-9-22-42(41)50-43-23-11-13-25-48(43)61-55(50)54(49)60/h1-32H. The summed E-state index contributed by atoms with van der Waals surface area (Å²) in [6, 6.07) is 70.4. The molecule has 0 bridgehead atoms. The Labute approximate surface area is 352 Å². The molecule has 0 fully saturated rings. The van der Waals surface area contributed by atoms with Crippen molar-refractivity contribution >= 4 is 118 Å². The number of aromatic nitrogens is 4. The fraction of sp³-hybridized carbons (Fsp3) is 0. The number of hydrogen-bond donors (Lipinski definition) is 0. The van der Waals surface area contributed by atoms with Crippen molar-refractivity contribution in [2.75, 3.05) is 0 Å². The second-order valence-corrected chi connectivity index (χ2v) is 17.1. The van der Waals surface area contributed by atoms with Gasteiger partial charge in [-0.1, -0.05) is 158 Å². The quantitative estimate of drug-likeness (QED) is 0.167. The molecule has 4 aromatic heterocycles. The van der Waals surface area contributed by atoms with Gasteiger partial charge in [0.2, 0.25) is 5.95 Å². The van der Waals surface area contributed by atoms with Crippen LogP contribution in [-0.4, -0.2) is 19.1 Å². The summed E-state index contributed by atoms with van der Waals surface area (Å²) < 4.78 is 7.30. The highest BCUT2D eigenvalue weighted by molar-refractivity contribution is 7.27. The van der Waals surface area contributed by atoms with Gasteiger partial charge >= 0.3 is 0 Å². The van der Waals surface area contributed by atoms with E-state index in [1.165, 1.54) is 68.8 Å². The minimum atomic E-state index is 0.659. The maximum Gasteiger partial charge on any atom is 0.235 e. The highest BCUT2D eigenvalue weighted by atomic mass is 32.1. The molecule has 14 aromatic rings. The van der Waals surface area contributed by atoms with E-state index in [4.69, 9.17) is 9.97 Å². The Morgan fingerprint density at radius 2 is 1.00 bits per heavy atom. The molecule has 10 aromatic carbocycles. The van der Waals surface area contributed by atoms with E-state index in [1.807, 2.05) is 11.3 Å². The van der Waals surface area contributed by atoms with Crippen molar-refractivity contribution in [3.8, 4) is 22.9 Å². The van der Waals surface area contributed by atoms with E-state index in [0.717, 1.165) is 55.2 Å². The van der Waals surface area contributed by atoms with Crippen molar-refractivity contribution in [2.24, 2.45) is 0 Å². The summed E-state index contributed by atoms with van der Waals surface area (Å²) in [7, 11) is 0. The predicted octanol–water partition coefficient (Wildman–Crippen LogP) is 15.3. The van der Waals surface area contributed by atoms with Crippen molar-refractivity contribution in [3.05, 3.63) is 194 Å². The molecule has 0 saturated heterocycles. The molecule has 0 atom stereocenters. The van der Waals surface area contributed by atoms with E-state index in [0.29, 0.717) is 5.95 Å². The molecular weight excluding hydrogens is 761 g/mol. The number of benzene rings is 10. The molecule has 282 valence electrons. The average Bonchev–Trinajstić information content (AvgIpc) is 4.00. The van der Waals surface area contributed by atoms with E-state index in [-0.39, 0.29) is 0 Å². The predicted molar refractivity (Wildman–Crippen MR) is 259 cm³/mol.